The minimum atomic E-state index is -2.10. The van der Waals surface area contributed by atoms with E-state index in [0.717, 1.165) is 35.6 Å². The van der Waals surface area contributed by atoms with Gasteiger partial charge < -0.3 is 67.3 Å². The minimum absolute atomic E-state index is 0.0946. The number of amides is 10. The van der Waals surface area contributed by atoms with Crippen LogP contribution in [0.3, 0.4) is 0 Å². The molecule has 0 aliphatic carbocycles. The average Bonchev–Trinajstić information content (AvgIpc) is 2.16. The zero-order valence-electron chi connectivity index (χ0n) is 46.9. The number of nitrogens with two attached hydrogens (primary N) is 2. The van der Waals surface area contributed by atoms with Crippen molar-refractivity contribution in [2.24, 2.45) is 16.9 Å². The van der Waals surface area contributed by atoms with Crippen molar-refractivity contribution >= 4 is 77.0 Å². The second-order valence-electron chi connectivity index (χ2n) is 20.9. The van der Waals surface area contributed by atoms with Crippen LogP contribution < -0.4 is 32.7 Å². The van der Waals surface area contributed by atoms with Gasteiger partial charge in [0.15, 0.2) is 0 Å². The molecular formula is C55H70F2N10O17. The second-order valence-corrected chi connectivity index (χ2v) is 20.9. The summed E-state index contributed by atoms with van der Waals surface area (Å²) in [5.41, 5.74) is 11.4. The minimum Gasteiger partial charge on any atom is -0.481 e. The number of rotatable bonds is 32. The maximum atomic E-state index is 15.5. The van der Waals surface area contributed by atoms with E-state index in [0.29, 0.717) is 15.7 Å². The van der Waals surface area contributed by atoms with E-state index in [9.17, 15) is 76.9 Å². The first-order valence-electron chi connectivity index (χ1n) is 26.6. The van der Waals surface area contributed by atoms with Crippen molar-refractivity contribution in [3.05, 3.63) is 83.7 Å². The molecule has 1 saturated heterocycles. The number of carbonyl (C=O) groups is 13. The van der Waals surface area contributed by atoms with Crippen LogP contribution in [0.5, 0.6) is 0 Å². The van der Waals surface area contributed by atoms with Crippen LogP contribution in [0, 0.1) is 17.0 Å². The summed E-state index contributed by atoms with van der Waals surface area (Å²) in [5.74, 6) is -15.8. The molecule has 84 heavy (non-hydrogen) atoms. The highest BCUT2D eigenvalue weighted by Crippen LogP contribution is 2.41. The molecule has 27 nitrogen and oxygen atoms in total. The van der Waals surface area contributed by atoms with Crippen LogP contribution in [0.4, 0.5) is 8.78 Å². The number of benzene rings is 2. The van der Waals surface area contributed by atoms with Crippen molar-refractivity contribution in [1.29, 1.82) is 0 Å². The van der Waals surface area contributed by atoms with Crippen molar-refractivity contribution in [2.45, 2.75) is 142 Å². The van der Waals surface area contributed by atoms with Gasteiger partial charge in [-0.2, -0.15) is 0 Å². The van der Waals surface area contributed by atoms with E-state index in [4.69, 9.17) is 21.4 Å². The number of halogens is 2. The summed E-state index contributed by atoms with van der Waals surface area (Å²) < 4.78 is 31.9. The fraction of sp³-hybridized carbons (Fsp3) is 0.473. The summed E-state index contributed by atoms with van der Waals surface area (Å²) >= 11 is 0. The average molecular weight is 1180 g/mol. The molecule has 2 aromatic carbocycles. The number of carbonyl (C=O) groups excluding carboxylic acids is 11. The normalized spacial score (nSPS) is 14.4. The molecule has 1 aromatic heterocycles. The van der Waals surface area contributed by atoms with Gasteiger partial charge in [0.2, 0.25) is 47.3 Å². The number of aliphatic hydroxyl groups excluding tert-OH is 1. The van der Waals surface area contributed by atoms with Crippen molar-refractivity contribution in [1.82, 2.24) is 40.7 Å². The number of carboxylic acids is 2. The fourth-order valence-corrected chi connectivity index (χ4v) is 9.22. The quantitative estimate of drug-likeness (QED) is 0.0383. The number of hydrogen-bond acceptors (Lipinski definition) is 15. The number of primary amides is 2. The van der Waals surface area contributed by atoms with Gasteiger partial charge >= 0.3 is 17.9 Å². The molecule has 6 atom stereocenters. The molecule has 0 saturated carbocycles. The lowest BCUT2D eigenvalue weighted by Crippen LogP contribution is -2.63. The highest BCUT2D eigenvalue weighted by Gasteiger charge is 2.44. The molecule has 3 aromatic rings. The van der Waals surface area contributed by atoms with Crippen LogP contribution in [0.1, 0.15) is 116 Å². The molecule has 0 spiro atoms. The van der Waals surface area contributed by atoms with Gasteiger partial charge in [0.25, 0.3) is 11.8 Å². The van der Waals surface area contributed by atoms with Crippen LogP contribution in [0.15, 0.2) is 60.8 Å². The Morgan fingerprint density at radius 3 is 2.00 bits per heavy atom. The maximum Gasteiger partial charge on any atom is 0.333 e. The Balaban J connectivity index is 1.76. The number of hydrogen-bond donors (Lipinski definition) is 9. The molecule has 1 aliphatic rings. The Morgan fingerprint density at radius 1 is 0.774 bits per heavy atom. The summed E-state index contributed by atoms with van der Waals surface area (Å²) in [5, 5.41) is 38.9. The number of nitrogens with one attached hydrogen (secondary N) is 4. The monoisotopic (exact) mass is 1180 g/mol. The Morgan fingerprint density at radius 2 is 1.42 bits per heavy atom. The predicted octanol–water partition coefficient (Wildman–Crippen LogP) is 0.434. The van der Waals surface area contributed by atoms with Crippen molar-refractivity contribution < 1.29 is 91.3 Å². The van der Waals surface area contributed by atoms with Crippen molar-refractivity contribution in [2.75, 3.05) is 19.7 Å². The number of aliphatic carboxylic acids is 2. The van der Waals surface area contributed by atoms with Crippen LogP contribution in [-0.4, -0.2) is 162 Å². The van der Waals surface area contributed by atoms with Crippen LogP contribution >= 0.6 is 0 Å². The largest absolute Gasteiger partial charge is 0.481 e. The smallest absolute Gasteiger partial charge is 0.333 e. The third-order valence-electron chi connectivity index (χ3n) is 13.2. The van der Waals surface area contributed by atoms with Gasteiger partial charge in [-0.1, -0.05) is 51.1 Å². The van der Waals surface area contributed by atoms with Gasteiger partial charge in [0.05, 0.1) is 12.5 Å². The van der Waals surface area contributed by atoms with Gasteiger partial charge in [-0.3, -0.25) is 52.7 Å². The molecule has 456 valence electrons. The Bertz CT molecular complexity index is 2950. The third kappa shape index (κ3) is 19.5. The summed E-state index contributed by atoms with van der Waals surface area (Å²) in [6.07, 6.45) is -3.26. The van der Waals surface area contributed by atoms with E-state index in [2.05, 4.69) is 21.3 Å². The molecular weight excluding hydrogens is 1110 g/mol. The highest BCUT2D eigenvalue weighted by atomic mass is 19.1. The van der Waals surface area contributed by atoms with E-state index < -0.39 is 189 Å². The van der Waals surface area contributed by atoms with Gasteiger partial charge in [-0.15, -0.1) is 5.06 Å². The lowest BCUT2D eigenvalue weighted by atomic mass is 9.82. The number of aliphatic hydroxyl groups is 1. The van der Waals surface area contributed by atoms with E-state index in [1.807, 2.05) is 0 Å². The SMILES string of the molecule is C[C@H](NC(=O)CCCC(=O)ON1C(=O)CCC1=O)C(=O)N[C@H](C)C(=O)N([C@@H](CC(N)=O)C(N)=O)[C@@H](CCN(C(=O)CO)[C@@H](c1cc(-c2cc(F)ccc2F)cn1Cc1ccccc1)C(C)(C)C)C(=O)NCCC(=O)N[C@H](CCC(=O)O)C(=O)O. The Hall–Kier alpha value is -9.15. The molecule has 2 heterocycles. The Labute approximate surface area is 480 Å². The van der Waals surface area contributed by atoms with Gasteiger partial charge in [-0.05, 0) is 68.4 Å². The molecule has 10 amide bonds. The molecule has 29 heteroatoms. The standard InChI is InChI=1S/C55H70F2N10O17/c1-30(61-42(70)12-9-13-48(77)84-67-44(72)17-18-45(67)73)51(79)62-31(2)53(81)66(40(50(59)78)26-41(58)69)38(52(80)60-22-20-43(71)63-37(54(82)83)16-19-47(75)76)21-23-65(46(74)29-68)49(55(3,4)5)39-24-33(35-25-34(56)14-15-36(35)57)28-64(39)27-32-10-7-6-8-11-32/h6-8,10-11,14-15,24-25,28,30-31,37-38,40,49,68H,9,12-13,16-23,26-27,29H2,1-5H3,(H2,58,69)(H2,59,78)(H,60,80)(H,61,70)(H,62,79)(H,63,71)(H,75,76)(H,82,83)/t30-,31+,37+,38-,40-,49-/m0/s1. The topological polar surface area (TPSA) is 407 Å². The molecule has 4 rings (SSSR count). The summed E-state index contributed by atoms with van der Waals surface area (Å²) in [6, 6.07) is 3.08. The lowest BCUT2D eigenvalue weighted by Gasteiger charge is -2.42. The zero-order valence-corrected chi connectivity index (χ0v) is 46.9. The predicted molar refractivity (Wildman–Crippen MR) is 289 cm³/mol. The summed E-state index contributed by atoms with van der Waals surface area (Å²) in [7, 11) is 0. The van der Waals surface area contributed by atoms with E-state index in [1.54, 1.807) is 55.7 Å². The summed E-state index contributed by atoms with van der Waals surface area (Å²) in [6.45, 7) is 5.13. The first-order valence-corrected chi connectivity index (χ1v) is 26.6. The number of imide groups is 1. The molecule has 0 bridgehead atoms. The first-order chi connectivity index (χ1) is 39.4. The van der Waals surface area contributed by atoms with Crippen molar-refractivity contribution in [3.8, 4) is 11.1 Å². The first kappa shape index (κ1) is 67.4. The highest BCUT2D eigenvalue weighted by molar-refractivity contribution is 6.02. The number of nitrogens with zero attached hydrogens (tertiary/aromatic N) is 4. The number of hydroxylamine groups is 2. The van der Waals surface area contributed by atoms with Gasteiger partial charge in [0, 0.05) is 81.2 Å². The second kappa shape index (κ2) is 30.8. The number of aromatic nitrogens is 1. The van der Waals surface area contributed by atoms with E-state index >= 15 is 4.39 Å². The van der Waals surface area contributed by atoms with Crippen LogP contribution in [0.2, 0.25) is 0 Å². The summed E-state index contributed by atoms with van der Waals surface area (Å²) in [4.78, 5) is 175. The van der Waals surface area contributed by atoms with Crippen LogP contribution in [-0.2, 0) is 73.7 Å². The molecule has 1 aliphatic heterocycles. The zero-order chi connectivity index (χ0) is 62.7. The number of carboxylic acid groups (broad SMARTS) is 2. The van der Waals surface area contributed by atoms with E-state index in [1.165, 1.54) is 19.2 Å². The maximum absolute atomic E-state index is 15.5. The molecule has 0 unspecified atom stereocenters. The fourth-order valence-electron chi connectivity index (χ4n) is 9.22. The van der Waals surface area contributed by atoms with Gasteiger partial charge in [0.1, 0.15) is 48.5 Å². The Kier molecular flexibility index (Phi) is 24.7. The molecule has 0 radical (unpaired) electrons. The van der Waals surface area contributed by atoms with Gasteiger partial charge in [-0.25, -0.2) is 18.4 Å². The van der Waals surface area contributed by atoms with Crippen molar-refractivity contribution in [3.63, 3.8) is 0 Å². The third-order valence-corrected chi connectivity index (χ3v) is 13.2. The van der Waals surface area contributed by atoms with Crippen LogP contribution in [0.25, 0.3) is 11.1 Å². The molecule has 1 fully saturated rings. The lowest BCUT2D eigenvalue weighted by molar-refractivity contribution is -0.197. The molecule has 11 N–H and O–H groups in total. The van der Waals surface area contributed by atoms with E-state index in [-0.39, 0.29) is 43.4 Å².